The Kier molecular flexibility index (Phi) is 3.95. The summed E-state index contributed by atoms with van der Waals surface area (Å²) in [5.74, 6) is -0.634. The topological polar surface area (TPSA) is 77.2 Å². The van der Waals surface area contributed by atoms with Crippen molar-refractivity contribution < 1.29 is 13.2 Å². The highest BCUT2D eigenvalue weighted by Crippen LogP contribution is 2.25. The monoisotopic (exact) mass is 273 g/mol. The molecule has 0 bridgehead atoms. The first-order valence-corrected chi connectivity index (χ1v) is 6.48. The summed E-state index contributed by atoms with van der Waals surface area (Å²) in [6.07, 6.45) is 1.73. The van der Waals surface area contributed by atoms with Gasteiger partial charge in [0, 0.05) is 5.57 Å². The summed E-state index contributed by atoms with van der Waals surface area (Å²) < 4.78 is 23.8. The Hall–Kier alpha value is -1.33. The van der Waals surface area contributed by atoms with Crippen LogP contribution in [0.3, 0.4) is 0 Å². The summed E-state index contributed by atoms with van der Waals surface area (Å²) in [5, 5.41) is 0. The van der Waals surface area contributed by atoms with Gasteiger partial charge in [-0.1, -0.05) is 18.2 Å². The van der Waals surface area contributed by atoms with Crippen LogP contribution in [0.1, 0.15) is 12.0 Å². The van der Waals surface area contributed by atoms with E-state index in [1.165, 1.54) is 0 Å². The number of halogens is 1. The van der Waals surface area contributed by atoms with Crippen LogP contribution in [-0.4, -0.2) is 20.1 Å². The van der Waals surface area contributed by atoms with E-state index in [9.17, 15) is 13.2 Å². The number of carbonyl (C=O) groups is 1. The SMILES string of the molecule is Cl.NC(=O)C1=Cc2ccccc2S(=O)(=O)CC1. The van der Waals surface area contributed by atoms with Crippen molar-refractivity contribution in [1.29, 1.82) is 0 Å². The highest BCUT2D eigenvalue weighted by Gasteiger charge is 2.23. The van der Waals surface area contributed by atoms with Gasteiger partial charge in [-0.3, -0.25) is 4.79 Å². The number of sulfone groups is 1. The molecule has 1 aromatic rings. The molecule has 1 aliphatic heterocycles. The second-order valence-corrected chi connectivity index (χ2v) is 5.72. The lowest BCUT2D eigenvalue weighted by atomic mass is 10.1. The number of primary amides is 1. The average Bonchev–Trinajstić information content (AvgIpc) is 2.36. The lowest BCUT2D eigenvalue weighted by molar-refractivity contribution is -0.114. The van der Waals surface area contributed by atoms with Crippen molar-refractivity contribution in [2.45, 2.75) is 11.3 Å². The summed E-state index contributed by atoms with van der Waals surface area (Å²) in [5.41, 5.74) is 6.07. The number of rotatable bonds is 1. The predicted molar refractivity (Wildman–Crippen MR) is 67.5 cm³/mol. The first-order chi connectivity index (χ1) is 7.50. The molecule has 0 fully saturated rings. The normalized spacial score (nSPS) is 17.1. The zero-order valence-electron chi connectivity index (χ0n) is 8.92. The van der Waals surface area contributed by atoms with E-state index in [2.05, 4.69) is 0 Å². The lowest BCUT2D eigenvalue weighted by Gasteiger charge is -2.02. The first kappa shape index (κ1) is 13.7. The van der Waals surface area contributed by atoms with Crippen molar-refractivity contribution in [2.24, 2.45) is 5.73 Å². The summed E-state index contributed by atoms with van der Waals surface area (Å²) in [7, 11) is -3.30. The fourth-order valence-electron chi connectivity index (χ4n) is 1.69. The van der Waals surface area contributed by atoms with Crippen LogP contribution in [0.25, 0.3) is 6.08 Å². The molecule has 6 heteroatoms. The van der Waals surface area contributed by atoms with Gasteiger partial charge in [0.05, 0.1) is 10.6 Å². The number of hydrogen-bond acceptors (Lipinski definition) is 3. The van der Waals surface area contributed by atoms with Gasteiger partial charge in [-0.25, -0.2) is 8.42 Å². The second-order valence-electron chi connectivity index (χ2n) is 3.64. The Morgan fingerprint density at radius 3 is 2.53 bits per heavy atom. The van der Waals surface area contributed by atoms with Gasteiger partial charge >= 0.3 is 0 Å². The maximum Gasteiger partial charge on any atom is 0.244 e. The Labute approximate surface area is 106 Å². The minimum absolute atomic E-state index is 0. The van der Waals surface area contributed by atoms with E-state index in [1.807, 2.05) is 0 Å². The van der Waals surface area contributed by atoms with Crippen LogP contribution in [-0.2, 0) is 14.6 Å². The quantitative estimate of drug-likeness (QED) is 0.834. The molecule has 4 nitrogen and oxygen atoms in total. The number of benzene rings is 1. The van der Waals surface area contributed by atoms with Gasteiger partial charge in [0.15, 0.2) is 9.84 Å². The van der Waals surface area contributed by atoms with Crippen LogP contribution < -0.4 is 5.73 Å². The van der Waals surface area contributed by atoms with E-state index < -0.39 is 15.7 Å². The fourth-order valence-corrected chi connectivity index (χ4v) is 3.17. The van der Waals surface area contributed by atoms with Crippen molar-refractivity contribution >= 4 is 34.2 Å². The molecule has 2 rings (SSSR count). The summed E-state index contributed by atoms with van der Waals surface area (Å²) in [6.45, 7) is 0. The number of amides is 1. The summed E-state index contributed by atoms with van der Waals surface area (Å²) >= 11 is 0. The molecule has 2 N–H and O–H groups in total. The van der Waals surface area contributed by atoms with E-state index in [0.29, 0.717) is 11.1 Å². The first-order valence-electron chi connectivity index (χ1n) is 4.83. The predicted octanol–water partition coefficient (Wildman–Crippen LogP) is 1.15. The van der Waals surface area contributed by atoms with Crippen molar-refractivity contribution in [3.63, 3.8) is 0 Å². The van der Waals surface area contributed by atoms with Gasteiger partial charge < -0.3 is 5.73 Å². The number of hydrogen-bond donors (Lipinski definition) is 1. The molecule has 0 spiro atoms. The molecule has 0 atom stereocenters. The van der Waals surface area contributed by atoms with E-state index >= 15 is 0 Å². The summed E-state index contributed by atoms with van der Waals surface area (Å²) in [4.78, 5) is 11.4. The molecule has 0 saturated carbocycles. The smallest absolute Gasteiger partial charge is 0.244 e. The van der Waals surface area contributed by atoms with Crippen LogP contribution in [0.15, 0.2) is 34.7 Å². The zero-order chi connectivity index (χ0) is 11.8. The van der Waals surface area contributed by atoms with Gasteiger partial charge in [0.25, 0.3) is 0 Å². The van der Waals surface area contributed by atoms with E-state index in [4.69, 9.17) is 5.73 Å². The number of nitrogens with two attached hydrogens (primary N) is 1. The molecule has 1 aliphatic rings. The fraction of sp³-hybridized carbons (Fsp3) is 0.182. The van der Waals surface area contributed by atoms with E-state index in [0.717, 1.165) is 0 Å². The molecule has 1 aromatic carbocycles. The van der Waals surface area contributed by atoms with Crippen molar-refractivity contribution in [2.75, 3.05) is 5.75 Å². The van der Waals surface area contributed by atoms with Crippen LogP contribution in [0.5, 0.6) is 0 Å². The Morgan fingerprint density at radius 1 is 1.24 bits per heavy atom. The Bertz CT molecular complexity index is 578. The molecule has 0 radical (unpaired) electrons. The van der Waals surface area contributed by atoms with Crippen LogP contribution in [0.4, 0.5) is 0 Å². The minimum atomic E-state index is -3.30. The van der Waals surface area contributed by atoms with Crippen molar-refractivity contribution in [3.05, 3.63) is 35.4 Å². The van der Waals surface area contributed by atoms with Crippen molar-refractivity contribution in [3.8, 4) is 0 Å². The van der Waals surface area contributed by atoms with Gasteiger partial charge in [0.2, 0.25) is 5.91 Å². The highest BCUT2D eigenvalue weighted by molar-refractivity contribution is 7.91. The maximum absolute atomic E-state index is 11.9. The summed E-state index contributed by atoms with van der Waals surface area (Å²) in [6, 6.07) is 6.61. The minimum Gasteiger partial charge on any atom is -0.366 e. The maximum atomic E-state index is 11.9. The van der Waals surface area contributed by atoms with Crippen LogP contribution in [0.2, 0.25) is 0 Å². The van der Waals surface area contributed by atoms with Crippen LogP contribution >= 0.6 is 12.4 Å². The molecular formula is C11H12ClNO3S. The molecule has 92 valence electrons. The van der Waals surface area contributed by atoms with Gasteiger partial charge in [-0.15, -0.1) is 12.4 Å². The third-order valence-electron chi connectivity index (χ3n) is 2.54. The molecule has 17 heavy (non-hydrogen) atoms. The Morgan fingerprint density at radius 2 is 1.88 bits per heavy atom. The van der Waals surface area contributed by atoms with Crippen LogP contribution in [0, 0.1) is 0 Å². The highest BCUT2D eigenvalue weighted by atomic mass is 35.5. The van der Waals surface area contributed by atoms with Gasteiger partial charge in [-0.2, -0.15) is 0 Å². The largest absolute Gasteiger partial charge is 0.366 e. The second kappa shape index (κ2) is 4.89. The van der Waals surface area contributed by atoms with E-state index in [1.54, 1.807) is 30.3 Å². The number of carbonyl (C=O) groups excluding carboxylic acids is 1. The van der Waals surface area contributed by atoms with E-state index in [-0.39, 0.29) is 29.5 Å². The number of fused-ring (bicyclic) bond motifs is 1. The molecular weight excluding hydrogens is 262 g/mol. The lowest BCUT2D eigenvalue weighted by Crippen LogP contribution is -2.15. The zero-order valence-corrected chi connectivity index (χ0v) is 10.6. The third kappa shape index (κ3) is 2.68. The van der Waals surface area contributed by atoms with Gasteiger partial charge in [0.1, 0.15) is 0 Å². The molecule has 0 unspecified atom stereocenters. The van der Waals surface area contributed by atoms with Crippen molar-refractivity contribution in [1.82, 2.24) is 0 Å². The molecule has 0 aliphatic carbocycles. The Balaban J connectivity index is 0.00000144. The van der Waals surface area contributed by atoms with Gasteiger partial charge in [-0.05, 0) is 24.1 Å². The molecule has 0 aromatic heterocycles. The molecule has 1 heterocycles. The molecule has 0 saturated heterocycles. The third-order valence-corrected chi connectivity index (χ3v) is 4.32. The standard InChI is InChI=1S/C11H11NO3S.ClH/c12-11(13)9-5-6-16(14,15)10-4-2-1-3-8(10)7-9;/h1-4,7H,5-6H2,(H2,12,13);1H. The molecule has 1 amide bonds. The average molecular weight is 274 g/mol.